The smallest absolute Gasteiger partial charge is 0.308 e. The Labute approximate surface area is 184 Å². The predicted octanol–water partition coefficient (Wildman–Crippen LogP) is 3.15. The molecular formula is C23H25N3O4S. The summed E-state index contributed by atoms with van der Waals surface area (Å²) in [6, 6.07) is 9.37. The van der Waals surface area contributed by atoms with E-state index in [1.165, 1.54) is 15.8 Å². The molecule has 0 bridgehead atoms. The molecule has 1 aliphatic rings. The molecular weight excluding hydrogens is 414 g/mol. The van der Waals surface area contributed by atoms with E-state index in [2.05, 4.69) is 10.3 Å². The summed E-state index contributed by atoms with van der Waals surface area (Å²) < 4.78 is 6.54. The second-order valence-electron chi connectivity index (χ2n) is 7.74. The molecule has 31 heavy (non-hydrogen) atoms. The molecule has 3 aromatic rings. The molecule has 8 heteroatoms. The first-order valence-corrected chi connectivity index (χ1v) is 11.3. The van der Waals surface area contributed by atoms with Crippen molar-refractivity contribution in [3.8, 4) is 0 Å². The highest BCUT2D eigenvalue weighted by Crippen LogP contribution is 2.33. The van der Waals surface area contributed by atoms with Gasteiger partial charge in [-0.3, -0.25) is 19.0 Å². The number of hydrogen-bond donors (Lipinski definition) is 1. The first-order chi connectivity index (χ1) is 15.0. The Morgan fingerprint density at radius 2 is 2.00 bits per heavy atom. The summed E-state index contributed by atoms with van der Waals surface area (Å²) in [5, 5.41) is 3.50. The minimum absolute atomic E-state index is 0.000932. The molecule has 0 aliphatic heterocycles. The molecule has 162 valence electrons. The van der Waals surface area contributed by atoms with Crippen LogP contribution in [0.15, 0.2) is 41.5 Å². The molecule has 4 rings (SSSR count). The lowest BCUT2D eigenvalue weighted by molar-refractivity contribution is -0.148. The first-order valence-electron chi connectivity index (χ1n) is 10.5. The Bertz CT molecular complexity index is 1150. The van der Waals surface area contributed by atoms with Crippen LogP contribution >= 0.6 is 11.3 Å². The second-order valence-corrected chi connectivity index (χ2v) is 8.83. The summed E-state index contributed by atoms with van der Waals surface area (Å²) in [6.07, 6.45) is 5.65. The maximum Gasteiger partial charge on any atom is 0.308 e. The molecule has 0 fully saturated rings. The number of carbonyl (C=O) groups is 2. The van der Waals surface area contributed by atoms with Crippen LogP contribution in [-0.2, 0) is 33.7 Å². The van der Waals surface area contributed by atoms with Crippen LogP contribution < -0.4 is 10.9 Å². The predicted molar refractivity (Wildman–Crippen MR) is 119 cm³/mol. The van der Waals surface area contributed by atoms with Crippen molar-refractivity contribution in [2.24, 2.45) is 0 Å². The number of fused-ring (bicyclic) bond motifs is 3. The van der Waals surface area contributed by atoms with Crippen molar-refractivity contribution in [3.05, 3.63) is 63.0 Å². The number of benzene rings is 1. The van der Waals surface area contributed by atoms with Crippen molar-refractivity contribution in [2.45, 2.75) is 51.6 Å². The molecule has 1 aliphatic carbocycles. The number of esters is 1. The first kappa shape index (κ1) is 21.2. The fourth-order valence-corrected chi connectivity index (χ4v) is 5.10. The van der Waals surface area contributed by atoms with E-state index in [9.17, 15) is 14.4 Å². The molecule has 2 heterocycles. The van der Waals surface area contributed by atoms with Gasteiger partial charge >= 0.3 is 5.97 Å². The fourth-order valence-electron chi connectivity index (χ4n) is 3.88. The van der Waals surface area contributed by atoms with Crippen LogP contribution in [0, 0.1) is 0 Å². The number of nitrogens with zero attached hydrogens (tertiary/aromatic N) is 2. The number of rotatable bonds is 7. The molecule has 7 nitrogen and oxygen atoms in total. The van der Waals surface area contributed by atoms with Crippen LogP contribution in [0.25, 0.3) is 10.2 Å². The quantitative estimate of drug-likeness (QED) is 0.571. The number of ether oxygens (including phenoxy) is 1. The van der Waals surface area contributed by atoms with Crippen LogP contribution in [0.3, 0.4) is 0 Å². The monoisotopic (exact) mass is 439 g/mol. The summed E-state index contributed by atoms with van der Waals surface area (Å²) in [5.74, 6) is -0.892. The van der Waals surface area contributed by atoms with Crippen LogP contribution in [0.2, 0.25) is 0 Å². The van der Waals surface area contributed by atoms with Gasteiger partial charge in [-0.25, -0.2) is 4.98 Å². The number of thiophene rings is 1. The molecule has 1 unspecified atom stereocenters. The summed E-state index contributed by atoms with van der Waals surface area (Å²) in [6.45, 7) is 1.70. The van der Waals surface area contributed by atoms with Crippen molar-refractivity contribution in [2.75, 3.05) is 6.61 Å². The van der Waals surface area contributed by atoms with Gasteiger partial charge in [0.15, 0.2) is 6.61 Å². The lowest BCUT2D eigenvalue weighted by Gasteiger charge is -2.14. The van der Waals surface area contributed by atoms with Gasteiger partial charge in [0.25, 0.3) is 11.5 Å². The van der Waals surface area contributed by atoms with Crippen molar-refractivity contribution >= 4 is 33.4 Å². The van der Waals surface area contributed by atoms with Crippen LogP contribution in [-0.4, -0.2) is 28.0 Å². The highest BCUT2D eigenvalue weighted by molar-refractivity contribution is 7.18. The largest absolute Gasteiger partial charge is 0.456 e. The van der Waals surface area contributed by atoms with Gasteiger partial charge in [-0.15, -0.1) is 11.3 Å². The molecule has 0 spiro atoms. The summed E-state index contributed by atoms with van der Waals surface area (Å²) in [7, 11) is 0. The Morgan fingerprint density at radius 1 is 1.23 bits per heavy atom. The van der Waals surface area contributed by atoms with Gasteiger partial charge in [0.2, 0.25) is 0 Å². The Morgan fingerprint density at radius 3 is 2.81 bits per heavy atom. The standard InChI is InChI=1S/C23H25N3O4S/c1-15(16-7-3-2-4-8-16)25-19(27)13-30-20(28)11-12-26-14-24-22-21(23(26)29)17-9-5-6-10-18(17)31-22/h2-4,7-8,14-15H,5-6,9-13H2,1H3,(H,25,27). The van der Waals surface area contributed by atoms with E-state index in [-0.39, 0.29) is 37.1 Å². The lowest BCUT2D eigenvalue weighted by Crippen LogP contribution is -2.31. The zero-order valence-corrected chi connectivity index (χ0v) is 18.2. The third-order valence-corrected chi connectivity index (χ3v) is 6.74. The Hall–Kier alpha value is -3.00. The van der Waals surface area contributed by atoms with Gasteiger partial charge < -0.3 is 10.1 Å². The van der Waals surface area contributed by atoms with Gasteiger partial charge in [0, 0.05) is 11.4 Å². The average molecular weight is 440 g/mol. The van der Waals surface area contributed by atoms with Crippen molar-refractivity contribution in [3.63, 3.8) is 0 Å². The van der Waals surface area contributed by atoms with Crippen LogP contribution in [0.4, 0.5) is 0 Å². The Kier molecular flexibility index (Phi) is 6.46. The van der Waals surface area contributed by atoms with Gasteiger partial charge in [-0.05, 0) is 43.7 Å². The molecule has 1 atom stereocenters. The molecule has 1 aromatic carbocycles. The summed E-state index contributed by atoms with van der Waals surface area (Å²) in [5.41, 5.74) is 2.00. The van der Waals surface area contributed by atoms with E-state index in [4.69, 9.17) is 4.74 Å². The fraction of sp³-hybridized carbons (Fsp3) is 0.391. The van der Waals surface area contributed by atoms with E-state index in [0.29, 0.717) is 5.39 Å². The molecule has 0 saturated heterocycles. The molecule has 2 aromatic heterocycles. The number of aromatic nitrogens is 2. The maximum atomic E-state index is 12.9. The summed E-state index contributed by atoms with van der Waals surface area (Å²) in [4.78, 5) is 43.5. The zero-order valence-electron chi connectivity index (χ0n) is 17.4. The molecule has 1 amide bonds. The Balaban J connectivity index is 1.31. The van der Waals surface area contributed by atoms with Crippen LogP contribution in [0.1, 0.15) is 48.2 Å². The second kappa shape index (κ2) is 9.43. The topological polar surface area (TPSA) is 90.3 Å². The highest BCUT2D eigenvalue weighted by Gasteiger charge is 2.20. The molecule has 0 radical (unpaired) electrons. The van der Waals surface area contributed by atoms with Gasteiger partial charge in [-0.1, -0.05) is 30.3 Å². The lowest BCUT2D eigenvalue weighted by atomic mass is 9.97. The van der Waals surface area contributed by atoms with Crippen molar-refractivity contribution in [1.82, 2.24) is 14.9 Å². The van der Waals surface area contributed by atoms with Gasteiger partial charge in [0.1, 0.15) is 4.83 Å². The number of nitrogens with one attached hydrogen (secondary N) is 1. The van der Waals surface area contributed by atoms with E-state index < -0.39 is 5.97 Å². The number of amides is 1. The number of carbonyl (C=O) groups excluding carboxylic acids is 2. The summed E-state index contributed by atoms with van der Waals surface area (Å²) >= 11 is 1.60. The molecule has 1 N–H and O–H groups in total. The normalized spacial score (nSPS) is 14.1. The highest BCUT2D eigenvalue weighted by atomic mass is 32.1. The minimum atomic E-state index is -0.526. The van der Waals surface area contributed by atoms with E-state index >= 15 is 0 Å². The maximum absolute atomic E-state index is 12.9. The van der Waals surface area contributed by atoms with E-state index in [0.717, 1.165) is 41.6 Å². The zero-order chi connectivity index (χ0) is 21.8. The third kappa shape index (κ3) is 4.85. The van der Waals surface area contributed by atoms with Gasteiger partial charge in [0.05, 0.1) is 24.2 Å². The van der Waals surface area contributed by atoms with E-state index in [1.807, 2.05) is 37.3 Å². The minimum Gasteiger partial charge on any atom is -0.456 e. The average Bonchev–Trinajstić information content (AvgIpc) is 3.17. The van der Waals surface area contributed by atoms with Crippen molar-refractivity contribution < 1.29 is 14.3 Å². The number of hydrogen-bond acceptors (Lipinski definition) is 6. The molecule has 0 saturated carbocycles. The van der Waals surface area contributed by atoms with E-state index in [1.54, 1.807) is 11.3 Å². The number of aryl methyl sites for hydroxylation is 3. The SMILES string of the molecule is CC(NC(=O)COC(=O)CCn1cnc2sc3c(c2c1=O)CCCC3)c1ccccc1. The third-order valence-electron chi connectivity index (χ3n) is 5.54. The van der Waals surface area contributed by atoms with Gasteiger partial charge in [-0.2, -0.15) is 0 Å². The van der Waals surface area contributed by atoms with Crippen molar-refractivity contribution in [1.29, 1.82) is 0 Å². The van der Waals surface area contributed by atoms with Crippen LogP contribution in [0.5, 0.6) is 0 Å².